The van der Waals surface area contributed by atoms with Gasteiger partial charge in [0.2, 0.25) is 0 Å². The summed E-state index contributed by atoms with van der Waals surface area (Å²) in [6.45, 7) is 4.06. The van der Waals surface area contributed by atoms with Gasteiger partial charge in [0.25, 0.3) is 0 Å². The van der Waals surface area contributed by atoms with E-state index < -0.39 is 0 Å². The molecule has 90 valence electrons. The molecule has 0 unspecified atom stereocenters. The van der Waals surface area contributed by atoms with Crippen LogP contribution in [-0.2, 0) is 6.42 Å². The molecule has 2 heteroatoms. The van der Waals surface area contributed by atoms with Crippen molar-refractivity contribution < 1.29 is 10.2 Å². The molecule has 0 heterocycles. The third-order valence-electron chi connectivity index (χ3n) is 3.08. The van der Waals surface area contributed by atoms with Crippen LogP contribution >= 0.6 is 0 Å². The van der Waals surface area contributed by atoms with Crippen LogP contribution in [0.25, 0.3) is 0 Å². The van der Waals surface area contributed by atoms with E-state index >= 15 is 0 Å². The van der Waals surface area contributed by atoms with E-state index in [2.05, 4.69) is 6.92 Å². The standard InChI is InChI=1S/C14H22O2/c1-3-4-5-6-7-8-12-11(2)13(15)9-10-14(12)16/h9-10,15-16H,3-8H2,1-2H3. The molecule has 0 radical (unpaired) electrons. The van der Waals surface area contributed by atoms with Crippen LogP contribution in [0.15, 0.2) is 12.1 Å². The molecule has 1 aromatic carbocycles. The average molecular weight is 222 g/mol. The molecule has 0 saturated carbocycles. The van der Waals surface area contributed by atoms with Gasteiger partial charge in [-0.3, -0.25) is 0 Å². The first-order valence-electron chi connectivity index (χ1n) is 6.17. The predicted octanol–water partition coefficient (Wildman–Crippen LogP) is 3.92. The van der Waals surface area contributed by atoms with Crippen LogP contribution in [0.4, 0.5) is 0 Å². The number of phenols is 2. The summed E-state index contributed by atoms with van der Waals surface area (Å²) in [7, 11) is 0. The van der Waals surface area contributed by atoms with Crippen molar-refractivity contribution >= 4 is 0 Å². The average Bonchev–Trinajstić information content (AvgIpc) is 2.28. The Morgan fingerprint density at radius 1 is 0.938 bits per heavy atom. The molecule has 0 aliphatic rings. The van der Waals surface area contributed by atoms with E-state index in [0.717, 1.165) is 24.0 Å². The molecule has 2 nitrogen and oxygen atoms in total. The zero-order valence-electron chi connectivity index (χ0n) is 10.3. The van der Waals surface area contributed by atoms with Gasteiger partial charge in [0.05, 0.1) is 0 Å². The zero-order chi connectivity index (χ0) is 12.0. The molecule has 0 aromatic heterocycles. The van der Waals surface area contributed by atoms with Crippen molar-refractivity contribution in [2.75, 3.05) is 0 Å². The Balaban J connectivity index is 2.50. The third-order valence-corrected chi connectivity index (χ3v) is 3.08. The summed E-state index contributed by atoms with van der Waals surface area (Å²) in [6, 6.07) is 3.12. The highest BCUT2D eigenvalue weighted by molar-refractivity contribution is 5.46. The van der Waals surface area contributed by atoms with E-state index in [1.807, 2.05) is 6.92 Å². The van der Waals surface area contributed by atoms with Crippen molar-refractivity contribution in [3.63, 3.8) is 0 Å². The molecule has 0 amide bonds. The number of phenolic OH excluding ortho intramolecular Hbond substituents is 2. The maximum absolute atomic E-state index is 9.71. The van der Waals surface area contributed by atoms with Gasteiger partial charge in [-0.05, 0) is 37.5 Å². The normalized spacial score (nSPS) is 10.6. The molecule has 1 aromatic rings. The highest BCUT2D eigenvalue weighted by Gasteiger charge is 2.08. The second kappa shape index (κ2) is 6.41. The van der Waals surface area contributed by atoms with E-state index in [4.69, 9.17) is 0 Å². The van der Waals surface area contributed by atoms with Crippen molar-refractivity contribution in [1.29, 1.82) is 0 Å². The molecule has 0 aliphatic heterocycles. The number of benzene rings is 1. The summed E-state index contributed by atoms with van der Waals surface area (Å²) in [4.78, 5) is 0. The van der Waals surface area contributed by atoms with Crippen molar-refractivity contribution in [1.82, 2.24) is 0 Å². The van der Waals surface area contributed by atoms with E-state index in [1.54, 1.807) is 12.1 Å². The van der Waals surface area contributed by atoms with E-state index in [-0.39, 0.29) is 5.75 Å². The summed E-state index contributed by atoms with van der Waals surface area (Å²) < 4.78 is 0. The van der Waals surface area contributed by atoms with Gasteiger partial charge in [0, 0.05) is 5.56 Å². The molecule has 2 N–H and O–H groups in total. The highest BCUT2D eigenvalue weighted by atomic mass is 16.3. The summed E-state index contributed by atoms with van der Waals surface area (Å²) in [5.41, 5.74) is 1.71. The lowest BCUT2D eigenvalue weighted by molar-refractivity contribution is 0.449. The largest absolute Gasteiger partial charge is 0.508 e. The molecule has 0 saturated heterocycles. The molecule has 0 aliphatic carbocycles. The predicted molar refractivity (Wildman–Crippen MR) is 67.0 cm³/mol. The molecule has 16 heavy (non-hydrogen) atoms. The molecular formula is C14H22O2. The van der Waals surface area contributed by atoms with Crippen LogP contribution in [0.2, 0.25) is 0 Å². The number of aromatic hydroxyl groups is 2. The SMILES string of the molecule is CCCCCCCc1c(O)ccc(O)c1C. The fourth-order valence-electron chi connectivity index (χ4n) is 1.95. The minimum atomic E-state index is 0.279. The highest BCUT2D eigenvalue weighted by Crippen LogP contribution is 2.29. The van der Waals surface area contributed by atoms with Crippen molar-refractivity contribution in [3.05, 3.63) is 23.3 Å². The number of hydrogen-bond acceptors (Lipinski definition) is 2. The molecular weight excluding hydrogens is 200 g/mol. The molecule has 1 rings (SSSR count). The van der Waals surface area contributed by atoms with Gasteiger partial charge in [-0.1, -0.05) is 32.6 Å². The Kier molecular flexibility index (Phi) is 5.17. The van der Waals surface area contributed by atoms with E-state index in [9.17, 15) is 10.2 Å². The minimum absolute atomic E-state index is 0.279. The first-order chi connectivity index (χ1) is 7.66. The zero-order valence-corrected chi connectivity index (χ0v) is 10.3. The minimum Gasteiger partial charge on any atom is -0.508 e. The van der Waals surface area contributed by atoms with E-state index in [0.29, 0.717) is 5.75 Å². The molecule has 0 spiro atoms. The quantitative estimate of drug-likeness (QED) is 0.565. The van der Waals surface area contributed by atoms with Gasteiger partial charge in [-0.25, -0.2) is 0 Å². The summed E-state index contributed by atoms with van der Waals surface area (Å²) >= 11 is 0. The number of rotatable bonds is 6. The Bertz CT molecular complexity index is 332. The van der Waals surface area contributed by atoms with Crippen LogP contribution in [-0.4, -0.2) is 10.2 Å². The third kappa shape index (κ3) is 3.44. The topological polar surface area (TPSA) is 40.5 Å². The maximum Gasteiger partial charge on any atom is 0.119 e. The van der Waals surface area contributed by atoms with Gasteiger partial charge in [0.15, 0.2) is 0 Å². The monoisotopic (exact) mass is 222 g/mol. The van der Waals surface area contributed by atoms with Gasteiger partial charge in [-0.2, -0.15) is 0 Å². The van der Waals surface area contributed by atoms with Crippen molar-refractivity contribution in [3.8, 4) is 11.5 Å². The number of unbranched alkanes of at least 4 members (excludes halogenated alkanes) is 4. The second-order valence-corrected chi connectivity index (χ2v) is 4.37. The van der Waals surface area contributed by atoms with Gasteiger partial charge in [0.1, 0.15) is 11.5 Å². The van der Waals surface area contributed by atoms with Crippen LogP contribution in [0.1, 0.15) is 50.2 Å². The smallest absolute Gasteiger partial charge is 0.119 e. The first-order valence-corrected chi connectivity index (χ1v) is 6.17. The van der Waals surface area contributed by atoms with Gasteiger partial charge < -0.3 is 10.2 Å². The molecule has 0 bridgehead atoms. The number of hydrogen-bond donors (Lipinski definition) is 2. The first kappa shape index (κ1) is 12.9. The lowest BCUT2D eigenvalue weighted by Gasteiger charge is -2.09. The fraction of sp³-hybridized carbons (Fsp3) is 0.571. The Hall–Kier alpha value is -1.18. The van der Waals surface area contributed by atoms with Crippen LogP contribution in [0.3, 0.4) is 0 Å². The summed E-state index contributed by atoms with van der Waals surface area (Å²) in [5, 5.41) is 19.3. The molecule has 0 fully saturated rings. The van der Waals surface area contributed by atoms with Gasteiger partial charge >= 0.3 is 0 Å². The lowest BCUT2D eigenvalue weighted by atomic mass is 10.00. The summed E-state index contributed by atoms with van der Waals surface area (Å²) in [5.74, 6) is 0.590. The van der Waals surface area contributed by atoms with Crippen molar-refractivity contribution in [2.45, 2.75) is 52.4 Å². The summed E-state index contributed by atoms with van der Waals surface area (Å²) in [6.07, 6.45) is 6.92. The Labute approximate surface area is 97.9 Å². The van der Waals surface area contributed by atoms with E-state index in [1.165, 1.54) is 25.7 Å². The second-order valence-electron chi connectivity index (χ2n) is 4.37. The Morgan fingerprint density at radius 3 is 2.25 bits per heavy atom. The van der Waals surface area contributed by atoms with Crippen LogP contribution in [0.5, 0.6) is 11.5 Å². The maximum atomic E-state index is 9.71. The fourth-order valence-corrected chi connectivity index (χ4v) is 1.95. The molecule has 0 atom stereocenters. The van der Waals surface area contributed by atoms with Crippen LogP contribution in [0, 0.1) is 6.92 Å². The van der Waals surface area contributed by atoms with Crippen LogP contribution < -0.4 is 0 Å². The van der Waals surface area contributed by atoms with Crippen molar-refractivity contribution in [2.24, 2.45) is 0 Å². The van der Waals surface area contributed by atoms with Gasteiger partial charge in [-0.15, -0.1) is 0 Å². The lowest BCUT2D eigenvalue weighted by Crippen LogP contribution is -1.92. The Morgan fingerprint density at radius 2 is 1.56 bits per heavy atom.